The normalized spacial score (nSPS) is 10.9. The van der Waals surface area contributed by atoms with Crippen molar-refractivity contribution in [1.82, 2.24) is 0 Å². The molecule has 0 aromatic heterocycles. The molecule has 11 heteroatoms. The van der Waals surface area contributed by atoms with Crippen LogP contribution in [0.1, 0.15) is 10.4 Å². The predicted octanol–water partition coefficient (Wildman–Crippen LogP) is 4.31. The van der Waals surface area contributed by atoms with Crippen molar-refractivity contribution in [2.75, 3.05) is 17.1 Å². The first-order valence-corrected chi connectivity index (χ1v) is 10.6. The Morgan fingerprint density at radius 2 is 1.68 bits per heavy atom. The van der Waals surface area contributed by atoms with Gasteiger partial charge in [-0.15, -0.1) is 0 Å². The molecule has 0 aliphatic heterocycles. The molecule has 0 saturated carbocycles. The molecule has 2 N–H and O–H groups in total. The van der Waals surface area contributed by atoms with Crippen LogP contribution in [0, 0.1) is 10.1 Å². The topological polar surface area (TPSA) is 128 Å². The minimum absolute atomic E-state index is 0.00694. The maximum Gasteiger partial charge on any atom is 0.289 e. The Kier molecular flexibility index (Phi) is 6.42. The van der Waals surface area contributed by atoms with Crippen molar-refractivity contribution in [3.05, 3.63) is 87.4 Å². The van der Waals surface area contributed by atoms with Gasteiger partial charge in [-0.1, -0.05) is 35.9 Å². The molecule has 0 unspecified atom stereocenters. The smallest absolute Gasteiger partial charge is 0.289 e. The highest BCUT2D eigenvalue weighted by molar-refractivity contribution is 7.92. The van der Waals surface area contributed by atoms with Gasteiger partial charge in [-0.2, -0.15) is 0 Å². The summed E-state index contributed by atoms with van der Waals surface area (Å²) in [6.07, 6.45) is 0. The van der Waals surface area contributed by atoms with Gasteiger partial charge in [-0.25, -0.2) is 8.42 Å². The monoisotopic (exact) mass is 461 g/mol. The van der Waals surface area contributed by atoms with Gasteiger partial charge in [0, 0.05) is 6.07 Å². The van der Waals surface area contributed by atoms with E-state index >= 15 is 0 Å². The summed E-state index contributed by atoms with van der Waals surface area (Å²) in [6.45, 7) is 0. The molecule has 3 aromatic rings. The van der Waals surface area contributed by atoms with Crippen molar-refractivity contribution in [2.24, 2.45) is 0 Å². The van der Waals surface area contributed by atoms with Crippen LogP contribution in [0.4, 0.5) is 17.1 Å². The number of hydrogen-bond donors (Lipinski definition) is 2. The number of nitrogens with one attached hydrogen (secondary N) is 2. The van der Waals surface area contributed by atoms with Crippen LogP contribution in [0.2, 0.25) is 5.02 Å². The molecule has 0 bridgehead atoms. The number of anilines is 2. The number of halogens is 1. The van der Waals surface area contributed by atoms with Crippen LogP contribution in [0.3, 0.4) is 0 Å². The molecule has 160 valence electrons. The molecule has 0 heterocycles. The van der Waals surface area contributed by atoms with Crippen LogP contribution in [0.15, 0.2) is 71.6 Å². The molecular weight excluding hydrogens is 446 g/mol. The van der Waals surface area contributed by atoms with Crippen LogP contribution in [0.5, 0.6) is 5.75 Å². The molecule has 3 aromatic carbocycles. The number of sulfonamides is 1. The lowest BCUT2D eigenvalue weighted by molar-refractivity contribution is -0.384. The Balaban J connectivity index is 1.92. The summed E-state index contributed by atoms with van der Waals surface area (Å²) in [5, 5.41) is 13.5. The van der Waals surface area contributed by atoms with Gasteiger partial charge >= 0.3 is 0 Å². The lowest BCUT2D eigenvalue weighted by Crippen LogP contribution is -2.19. The number of methoxy groups -OCH3 is 1. The zero-order valence-corrected chi connectivity index (χ0v) is 17.6. The van der Waals surface area contributed by atoms with Gasteiger partial charge in [0.2, 0.25) is 0 Å². The Morgan fingerprint density at radius 3 is 2.35 bits per heavy atom. The highest BCUT2D eigenvalue weighted by Gasteiger charge is 2.23. The number of carbonyl (C=O) groups excluding carboxylic acids is 1. The average molecular weight is 462 g/mol. The lowest BCUT2D eigenvalue weighted by Gasteiger charge is -2.14. The first kappa shape index (κ1) is 22.1. The van der Waals surface area contributed by atoms with E-state index in [9.17, 15) is 23.3 Å². The Morgan fingerprint density at radius 1 is 1.03 bits per heavy atom. The fraction of sp³-hybridized carbons (Fsp3) is 0.0500. The van der Waals surface area contributed by atoms with E-state index in [2.05, 4.69) is 10.0 Å². The number of carbonyl (C=O) groups is 1. The number of nitro benzene ring substituents is 1. The molecule has 1 amide bonds. The van der Waals surface area contributed by atoms with Crippen molar-refractivity contribution in [1.29, 1.82) is 0 Å². The number of rotatable bonds is 7. The summed E-state index contributed by atoms with van der Waals surface area (Å²) >= 11 is 5.75. The molecule has 0 saturated heterocycles. The van der Waals surface area contributed by atoms with Gasteiger partial charge in [-0.05, 0) is 36.4 Å². The van der Waals surface area contributed by atoms with Crippen LogP contribution in [-0.2, 0) is 10.0 Å². The van der Waals surface area contributed by atoms with E-state index in [1.54, 1.807) is 36.4 Å². The third kappa shape index (κ3) is 4.93. The van der Waals surface area contributed by atoms with E-state index in [0.717, 1.165) is 18.2 Å². The van der Waals surface area contributed by atoms with Crippen LogP contribution < -0.4 is 14.8 Å². The van der Waals surface area contributed by atoms with Crippen molar-refractivity contribution >= 4 is 44.6 Å². The van der Waals surface area contributed by atoms with Gasteiger partial charge in [-0.3, -0.25) is 19.6 Å². The quantitative estimate of drug-likeness (QED) is 0.398. The van der Waals surface area contributed by atoms with Crippen molar-refractivity contribution in [3.63, 3.8) is 0 Å². The van der Waals surface area contributed by atoms with Gasteiger partial charge in [0.1, 0.15) is 10.8 Å². The second-order valence-electron chi connectivity index (χ2n) is 6.18. The first-order valence-electron chi connectivity index (χ1n) is 8.73. The summed E-state index contributed by atoms with van der Waals surface area (Å²) in [6, 6.07) is 15.8. The molecule has 0 aliphatic rings. The fourth-order valence-corrected chi connectivity index (χ4v) is 4.00. The predicted molar refractivity (Wildman–Crippen MR) is 116 cm³/mol. The first-order chi connectivity index (χ1) is 14.7. The van der Waals surface area contributed by atoms with Crippen LogP contribution in [0.25, 0.3) is 0 Å². The molecule has 0 aliphatic carbocycles. The van der Waals surface area contributed by atoms with Crippen LogP contribution in [-0.4, -0.2) is 26.4 Å². The van der Waals surface area contributed by atoms with E-state index in [1.807, 2.05) is 0 Å². The third-order valence-corrected chi connectivity index (χ3v) is 5.88. The van der Waals surface area contributed by atoms with E-state index < -0.39 is 26.5 Å². The standard InChI is InChI=1S/C20H16ClN3O6S/c1-30-19-9-5-4-8-17(19)22-20(25)14-6-2-3-7-16(14)23-31(28,29)13-10-11-15(21)18(12-13)24(26)27/h2-12,23H,1H3,(H,22,25). The SMILES string of the molecule is COc1ccccc1NC(=O)c1ccccc1NS(=O)(=O)c1ccc(Cl)c([N+](=O)[O-])c1. The second kappa shape index (κ2) is 9.02. The Hall–Kier alpha value is -3.63. The van der Waals surface area contributed by atoms with Crippen molar-refractivity contribution in [3.8, 4) is 5.75 Å². The second-order valence-corrected chi connectivity index (χ2v) is 8.27. The summed E-state index contributed by atoms with van der Waals surface area (Å²) in [5.41, 5.74) is -0.110. The molecule has 0 radical (unpaired) electrons. The van der Waals surface area contributed by atoms with E-state index in [4.69, 9.17) is 16.3 Å². The summed E-state index contributed by atoms with van der Waals surface area (Å²) in [7, 11) is -2.79. The number of benzene rings is 3. The maximum absolute atomic E-state index is 12.8. The third-order valence-electron chi connectivity index (χ3n) is 4.20. The molecule has 0 atom stereocenters. The van der Waals surface area contributed by atoms with Crippen LogP contribution >= 0.6 is 11.6 Å². The van der Waals surface area contributed by atoms with Gasteiger partial charge < -0.3 is 10.1 Å². The number of para-hydroxylation sites is 3. The van der Waals surface area contributed by atoms with E-state index in [1.165, 1.54) is 19.2 Å². The van der Waals surface area contributed by atoms with Gasteiger partial charge in [0.05, 0.1) is 33.9 Å². The molecule has 31 heavy (non-hydrogen) atoms. The Labute approximate surface area is 182 Å². The minimum atomic E-state index is -4.25. The number of hydrogen-bond acceptors (Lipinski definition) is 6. The highest BCUT2D eigenvalue weighted by Crippen LogP contribution is 2.29. The highest BCUT2D eigenvalue weighted by atomic mass is 35.5. The zero-order valence-electron chi connectivity index (χ0n) is 16.0. The summed E-state index contributed by atoms with van der Waals surface area (Å²) < 4.78 is 33.1. The van der Waals surface area contributed by atoms with E-state index in [0.29, 0.717) is 11.4 Å². The fourth-order valence-electron chi connectivity index (χ4n) is 2.71. The Bertz CT molecular complexity index is 1260. The number of amides is 1. The maximum atomic E-state index is 12.8. The molecule has 0 spiro atoms. The minimum Gasteiger partial charge on any atom is -0.495 e. The number of nitrogens with zero attached hydrogens (tertiary/aromatic N) is 1. The summed E-state index contributed by atoms with van der Waals surface area (Å²) in [4.78, 5) is 22.7. The summed E-state index contributed by atoms with van der Waals surface area (Å²) in [5.74, 6) is -0.146. The molecule has 0 fully saturated rings. The lowest BCUT2D eigenvalue weighted by atomic mass is 10.1. The van der Waals surface area contributed by atoms with Crippen molar-refractivity contribution in [2.45, 2.75) is 4.90 Å². The largest absolute Gasteiger partial charge is 0.495 e. The van der Waals surface area contributed by atoms with Gasteiger partial charge in [0.15, 0.2) is 0 Å². The molecular formula is C20H16ClN3O6S. The molecule has 9 nitrogen and oxygen atoms in total. The van der Waals surface area contributed by atoms with E-state index in [-0.39, 0.29) is 21.2 Å². The number of ether oxygens (including phenoxy) is 1. The zero-order chi connectivity index (χ0) is 22.6. The van der Waals surface area contributed by atoms with Gasteiger partial charge in [0.25, 0.3) is 21.6 Å². The molecule has 3 rings (SSSR count). The van der Waals surface area contributed by atoms with Crippen molar-refractivity contribution < 1.29 is 22.9 Å². The average Bonchev–Trinajstić information content (AvgIpc) is 2.74. The number of nitro groups is 1.